The Morgan fingerprint density at radius 1 is 1.18 bits per heavy atom. The summed E-state index contributed by atoms with van der Waals surface area (Å²) in [6, 6.07) is 4.64. The molecule has 0 N–H and O–H groups in total. The van der Waals surface area contributed by atoms with E-state index in [1.807, 2.05) is 6.92 Å². The van der Waals surface area contributed by atoms with Gasteiger partial charge in [0.25, 0.3) is 5.92 Å². The number of alkyl halides is 2. The number of piperidine rings is 1. The van der Waals surface area contributed by atoms with Gasteiger partial charge in [-0.2, -0.15) is 4.31 Å². The second-order valence-electron chi connectivity index (χ2n) is 10.2. The number of hydrogen-bond acceptors (Lipinski definition) is 4. The third-order valence-corrected chi connectivity index (χ3v) is 8.59. The number of sulfonamides is 1. The standard InChI is InChI=1S/C24H34F2N2O4S/c1-23(11-12-23)32-22(29)27-13-7-18(8-14-27)4-3-10-24(25,26)21-6-5-20-17-28(33(2,30)31)15-9-19(20)16-21/h5-6,16,18H,3-4,7-15,17H2,1-2H3. The fraction of sp³-hybridized carbons (Fsp3) is 0.708. The minimum absolute atomic E-state index is 0.0141. The lowest BCUT2D eigenvalue weighted by molar-refractivity contribution is -0.0174. The van der Waals surface area contributed by atoms with Crippen molar-refractivity contribution in [3.63, 3.8) is 0 Å². The first-order chi connectivity index (χ1) is 15.5. The van der Waals surface area contributed by atoms with Crippen LogP contribution in [0.15, 0.2) is 18.2 Å². The van der Waals surface area contributed by atoms with Crippen molar-refractivity contribution in [2.45, 2.75) is 76.4 Å². The number of carbonyl (C=O) groups is 1. The second kappa shape index (κ2) is 9.13. The molecule has 0 atom stereocenters. The third-order valence-electron chi connectivity index (χ3n) is 7.34. The maximum Gasteiger partial charge on any atom is 0.410 e. The molecule has 184 valence electrons. The molecule has 2 aliphatic heterocycles. The van der Waals surface area contributed by atoms with Crippen molar-refractivity contribution in [3.05, 3.63) is 34.9 Å². The summed E-state index contributed by atoms with van der Waals surface area (Å²) in [5.41, 5.74) is 1.35. The highest BCUT2D eigenvalue weighted by atomic mass is 32.2. The minimum atomic E-state index is -3.29. The lowest BCUT2D eigenvalue weighted by Gasteiger charge is -2.32. The number of hydrogen-bond donors (Lipinski definition) is 0. The van der Waals surface area contributed by atoms with E-state index in [0.717, 1.165) is 43.2 Å². The topological polar surface area (TPSA) is 66.9 Å². The van der Waals surface area contributed by atoms with Gasteiger partial charge in [-0.1, -0.05) is 18.6 Å². The highest BCUT2D eigenvalue weighted by Gasteiger charge is 2.43. The first-order valence-electron chi connectivity index (χ1n) is 11.9. The molecule has 0 spiro atoms. The van der Waals surface area contributed by atoms with Crippen LogP contribution >= 0.6 is 0 Å². The molecular formula is C24H34F2N2O4S. The van der Waals surface area contributed by atoms with Crippen LogP contribution in [0.25, 0.3) is 0 Å². The lowest BCUT2D eigenvalue weighted by atomic mass is 9.89. The Morgan fingerprint density at radius 2 is 1.88 bits per heavy atom. The summed E-state index contributed by atoms with van der Waals surface area (Å²) >= 11 is 0. The number of carbonyl (C=O) groups excluding carboxylic acids is 1. The summed E-state index contributed by atoms with van der Waals surface area (Å²) in [5, 5.41) is 0. The number of benzene rings is 1. The van der Waals surface area contributed by atoms with Gasteiger partial charge >= 0.3 is 6.09 Å². The van der Waals surface area contributed by atoms with Gasteiger partial charge in [0.2, 0.25) is 10.0 Å². The summed E-state index contributed by atoms with van der Waals surface area (Å²) in [6.45, 7) is 3.78. The molecule has 1 saturated heterocycles. The first kappa shape index (κ1) is 24.4. The zero-order chi connectivity index (χ0) is 23.9. The summed E-state index contributed by atoms with van der Waals surface area (Å²) < 4.78 is 60.2. The van der Waals surface area contributed by atoms with Gasteiger partial charge in [0.15, 0.2) is 0 Å². The molecule has 3 aliphatic rings. The first-order valence-corrected chi connectivity index (χ1v) is 13.7. The maximum absolute atomic E-state index is 14.9. The number of likely N-dealkylation sites (tertiary alicyclic amines) is 1. The van der Waals surface area contributed by atoms with Gasteiger partial charge in [-0.25, -0.2) is 22.0 Å². The Balaban J connectivity index is 1.24. The second-order valence-corrected chi connectivity index (χ2v) is 12.2. The van der Waals surface area contributed by atoms with Crippen molar-refractivity contribution in [1.29, 1.82) is 0 Å². The number of halogens is 2. The van der Waals surface area contributed by atoms with E-state index in [1.165, 1.54) is 16.6 Å². The van der Waals surface area contributed by atoms with E-state index < -0.39 is 15.9 Å². The van der Waals surface area contributed by atoms with E-state index >= 15 is 0 Å². The molecular weight excluding hydrogens is 450 g/mol. The van der Waals surface area contributed by atoms with Gasteiger partial charge in [0, 0.05) is 38.2 Å². The quantitative estimate of drug-likeness (QED) is 0.564. The normalized spacial score (nSPS) is 21.5. The Kier molecular flexibility index (Phi) is 6.75. The monoisotopic (exact) mass is 484 g/mol. The number of ether oxygens (including phenoxy) is 1. The van der Waals surface area contributed by atoms with Crippen LogP contribution in [0.5, 0.6) is 0 Å². The zero-order valence-corrected chi connectivity index (χ0v) is 20.3. The van der Waals surface area contributed by atoms with E-state index in [0.29, 0.717) is 38.4 Å². The highest BCUT2D eigenvalue weighted by Crippen LogP contribution is 2.40. The van der Waals surface area contributed by atoms with E-state index in [1.54, 1.807) is 17.0 Å². The fourth-order valence-corrected chi connectivity index (χ4v) is 5.55. The van der Waals surface area contributed by atoms with Crippen LogP contribution < -0.4 is 0 Å². The van der Waals surface area contributed by atoms with E-state index in [4.69, 9.17) is 4.74 Å². The largest absolute Gasteiger partial charge is 0.443 e. The molecule has 6 nitrogen and oxygen atoms in total. The minimum Gasteiger partial charge on any atom is -0.443 e. The maximum atomic E-state index is 14.9. The molecule has 2 heterocycles. The third kappa shape index (κ3) is 6.04. The molecule has 0 aromatic heterocycles. The molecule has 0 unspecified atom stereocenters. The van der Waals surface area contributed by atoms with Crippen molar-refractivity contribution in [2.24, 2.45) is 5.92 Å². The molecule has 0 bridgehead atoms. The molecule has 33 heavy (non-hydrogen) atoms. The van der Waals surface area contributed by atoms with Crippen molar-refractivity contribution < 1.29 is 26.7 Å². The molecule has 1 aliphatic carbocycles. The Hall–Kier alpha value is -1.74. The molecule has 1 saturated carbocycles. The van der Waals surface area contributed by atoms with Gasteiger partial charge in [-0.05, 0) is 68.6 Å². The molecule has 9 heteroatoms. The van der Waals surface area contributed by atoms with Gasteiger partial charge in [-0.3, -0.25) is 0 Å². The van der Waals surface area contributed by atoms with Gasteiger partial charge in [-0.15, -0.1) is 0 Å². The molecule has 1 aromatic carbocycles. The average molecular weight is 485 g/mol. The van der Waals surface area contributed by atoms with Crippen LogP contribution in [0.4, 0.5) is 13.6 Å². The summed E-state index contributed by atoms with van der Waals surface area (Å²) in [5.74, 6) is -2.56. The van der Waals surface area contributed by atoms with Crippen molar-refractivity contribution in [1.82, 2.24) is 9.21 Å². The average Bonchev–Trinajstić information content (AvgIpc) is 3.49. The number of nitrogens with zero attached hydrogens (tertiary/aromatic N) is 2. The number of rotatable bonds is 7. The molecule has 1 aromatic rings. The molecule has 1 amide bonds. The van der Waals surface area contributed by atoms with Crippen LogP contribution in [0, 0.1) is 5.92 Å². The molecule has 4 rings (SSSR count). The molecule has 0 radical (unpaired) electrons. The number of amides is 1. The number of fused-ring (bicyclic) bond motifs is 1. The van der Waals surface area contributed by atoms with Crippen LogP contribution in [-0.4, -0.2) is 55.2 Å². The van der Waals surface area contributed by atoms with Crippen LogP contribution in [-0.2, 0) is 33.6 Å². The van der Waals surface area contributed by atoms with Crippen molar-refractivity contribution in [2.75, 3.05) is 25.9 Å². The van der Waals surface area contributed by atoms with Gasteiger partial charge in [0.05, 0.1) is 6.26 Å². The lowest BCUT2D eigenvalue weighted by Crippen LogP contribution is -2.40. The summed E-state index contributed by atoms with van der Waals surface area (Å²) in [6.07, 6.45) is 5.83. The summed E-state index contributed by atoms with van der Waals surface area (Å²) in [4.78, 5) is 13.9. The van der Waals surface area contributed by atoms with Crippen LogP contribution in [0.2, 0.25) is 0 Å². The smallest absolute Gasteiger partial charge is 0.410 e. The Bertz CT molecular complexity index is 986. The predicted octanol–water partition coefficient (Wildman–Crippen LogP) is 4.67. The Labute approximate surface area is 195 Å². The highest BCUT2D eigenvalue weighted by molar-refractivity contribution is 7.88. The van der Waals surface area contributed by atoms with Crippen molar-refractivity contribution in [3.8, 4) is 0 Å². The van der Waals surface area contributed by atoms with Gasteiger partial charge < -0.3 is 9.64 Å². The summed E-state index contributed by atoms with van der Waals surface area (Å²) in [7, 11) is -3.29. The Morgan fingerprint density at radius 3 is 2.52 bits per heavy atom. The fourth-order valence-electron chi connectivity index (χ4n) is 4.75. The van der Waals surface area contributed by atoms with E-state index in [-0.39, 0.29) is 30.2 Å². The van der Waals surface area contributed by atoms with Crippen LogP contribution in [0.1, 0.15) is 68.6 Å². The van der Waals surface area contributed by atoms with Crippen LogP contribution in [0.3, 0.4) is 0 Å². The predicted molar refractivity (Wildman–Crippen MR) is 122 cm³/mol. The van der Waals surface area contributed by atoms with Crippen molar-refractivity contribution >= 4 is 16.1 Å². The van der Waals surface area contributed by atoms with Gasteiger partial charge in [0.1, 0.15) is 5.60 Å². The molecule has 2 fully saturated rings. The van der Waals surface area contributed by atoms with E-state index in [9.17, 15) is 22.0 Å². The SMILES string of the molecule is CC1(OC(=O)N2CCC(CCCC(F)(F)c3ccc4c(c3)CCN(S(C)(=O)=O)C4)CC2)CC1. The van der Waals surface area contributed by atoms with E-state index in [2.05, 4.69) is 0 Å². The zero-order valence-electron chi connectivity index (χ0n) is 19.5.